The van der Waals surface area contributed by atoms with Crippen LogP contribution in [0.4, 0.5) is 0 Å². The van der Waals surface area contributed by atoms with Crippen molar-refractivity contribution in [2.45, 2.75) is 26.3 Å². The molecule has 0 bridgehead atoms. The third-order valence-corrected chi connectivity index (χ3v) is 2.69. The molecule has 0 aliphatic heterocycles. The van der Waals surface area contributed by atoms with Crippen LogP contribution in [0.3, 0.4) is 0 Å². The van der Waals surface area contributed by atoms with E-state index in [1.807, 2.05) is 0 Å². The van der Waals surface area contributed by atoms with Crippen molar-refractivity contribution < 1.29 is 9.53 Å². The standard InChI is InChI=1S/C13H19ClN2O2/c1-2-3-6-16-13(17)9-18-12-5-4-11(14)7-10(12)8-15/h4-5,7H,2-3,6,8-9,15H2,1H3,(H,16,17). The molecule has 0 saturated carbocycles. The van der Waals surface area contributed by atoms with Gasteiger partial charge in [0.15, 0.2) is 6.61 Å². The molecule has 1 aromatic rings. The van der Waals surface area contributed by atoms with Gasteiger partial charge in [-0.2, -0.15) is 0 Å². The third-order valence-electron chi connectivity index (χ3n) is 2.45. The van der Waals surface area contributed by atoms with Gasteiger partial charge in [0.25, 0.3) is 5.91 Å². The second-order valence-corrected chi connectivity index (χ2v) is 4.38. The average Bonchev–Trinajstić information content (AvgIpc) is 2.37. The van der Waals surface area contributed by atoms with Gasteiger partial charge in [-0.25, -0.2) is 0 Å². The Morgan fingerprint density at radius 1 is 1.50 bits per heavy atom. The van der Waals surface area contributed by atoms with Crippen LogP contribution in [0.1, 0.15) is 25.3 Å². The second kappa shape index (κ2) is 7.95. The van der Waals surface area contributed by atoms with E-state index in [9.17, 15) is 4.79 Å². The van der Waals surface area contributed by atoms with Gasteiger partial charge in [0.1, 0.15) is 5.75 Å². The lowest BCUT2D eigenvalue weighted by Gasteiger charge is -2.10. The lowest BCUT2D eigenvalue weighted by molar-refractivity contribution is -0.123. The van der Waals surface area contributed by atoms with Crippen LogP contribution in [0.15, 0.2) is 18.2 Å². The number of rotatable bonds is 7. The Morgan fingerprint density at radius 2 is 2.28 bits per heavy atom. The number of unbranched alkanes of at least 4 members (excludes halogenated alkanes) is 1. The molecule has 1 aromatic carbocycles. The number of hydrogen-bond acceptors (Lipinski definition) is 3. The zero-order valence-corrected chi connectivity index (χ0v) is 11.3. The molecule has 3 N–H and O–H groups in total. The number of benzene rings is 1. The van der Waals surface area contributed by atoms with Crippen LogP contribution < -0.4 is 15.8 Å². The molecule has 0 radical (unpaired) electrons. The molecule has 4 nitrogen and oxygen atoms in total. The fraction of sp³-hybridized carbons (Fsp3) is 0.462. The predicted octanol–water partition coefficient (Wildman–Crippen LogP) is 2.09. The summed E-state index contributed by atoms with van der Waals surface area (Å²) in [7, 11) is 0. The van der Waals surface area contributed by atoms with Crippen LogP contribution in [0.5, 0.6) is 5.75 Å². The van der Waals surface area contributed by atoms with Crippen molar-refractivity contribution >= 4 is 17.5 Å². The van der Waals surface area contributed by atoms with Crippen LogP contribution in [-0.2, 0) is 11.3 Å². The highest BCUT2D eigenvalue weighted by molar-refractivity contribution is 6.30. The first-order valence-corrected chi connectivity index (χ1v) is 6.43. The van der Waals surface area contributed by atoms with Crippen molar-refractivity contribution in [1.82, 2.24) is 5.32 Å². The van der Waals surface area contributed by atoms with Crippen LogP contribution in [-0.4, -0.2) is 19.1 Å². The molecule has 0 aromatic heterocycles. The highest BCUT2D eigenvalue weighted by atomic mass is 35.5. The summed E-state index contributed by atoms with van der Waals surface area (Å²) in [5.41, 5.74) is 6.38. The van der Waals surface area contributed by atoms with E-state index in [0.29, 0.717) is 23.9 Å². The number of hydrogen-bond donors (Lipinski definition) is 2. The van der Waals surface area contributed by atoms with Crippen molar-refractivity contribution in [3.8, 4) is 5.75 Å². The van der Waals surface area contributed by atoms with Crippen molar-refractivity contribution in [3.05, 3.63) is 28.8 Å². The van der Waals surface area contributed by atoms with Crippen molar-refractivity contribution in [2.24, 2.45) is 5.73 Å². The summed E-state index contributed by atoms with van der Waals surface area (Å²) in [5.74, 6) is 0.480. The Morgan fingerprint density at radius 3 is 2.94 bits per heavy atom. The van der Waals surface area contributed by atoms with Crippen molar-refractivity contribution in [1.29, 1.82) is 0 Å². The van der Waals surface area contributed by atoms with Gasteiger partial charge < -0.3 is 15.8 Å². The zero-order valence-electron chi connectivity index (χ0n) is 10.5. The van der Waals surface area contributed by atoms with E-state index in [-0.39, 0.29) is 12.5 Å². The summed E-state index contributed by atoms with van der Waals surface area (Å²) in [6.07, 6.45) is 2.02. The highest BCUT2D eigenvalue weighted by Gasteiger charge is 2.06. The maximum Gasteiger partial charge on any atom is 0.257 e. The molecule has 100 valence electrons. The van der Waals surface area contributed by atoms with Crippen molar-refractivity contribution in [3.63, 3.8) is 0 Å². The lowest BCUT2D eigenvalue weighted by atomic mass is 10.2. The maximum absolute atomic E-state index is 11.5. The van der Waals surface area contributed by atoms with Crippen LogP contribution in [0.25, 0.3) is 0 Å². The normalized spacial score (nSPS) is 10.2. The Labute approximate surface area is 112 Å². The first-order valence-electron chi connectivity index (χ1n) is 6.05. The molecule has 1 amide bonds. The summed E-state index contributed by atoms with van der Waals surface area (Å²) in [6, 6.07) is 5.18. The summed E-state index contributed by atoms with van der Waals surface area (Å²) in [6.45, 7) is 3.08. The van der Waals surface area contributed by atoms with Crippen LogP contribution in [0, 0.1) is 0 Å². The fourth-order valence-electron chi connectivity index (χ4n) is 1.45. The summed E-state index contributed by atoms with van der Waals surface area (Å²) in [4.78, 5) is 11.5. The number of ether oxygens (including phenoxy) is 1. The van der Waals surface area contributed by atoms with Gasteiger partial charge >= 0.3 is 0 Å². The van der Waals surface area contributed by atoms with E-state index in [1.165, 1.54) is 0 Å². The molecule has 5 heteroatoms. The van der Waals surface area contributed by atoms with Gasteiger partial charge in [-0.15, -0.1) is 0 Å². The minimum atomic E-state index is -0.124. The van der Waals surface area contributed by atoms with Crippen molar-refractivity contribution in [2.75, 3.05) is 13.2 Å². The molecule has 0 aliphatic carbocycles. The summed E-state index contributed by atoms with van der Waals surface area (Å²) >= 11 is 5.85. The summed E-state index contributed by atoms with van der Waals surface area (Å²) < 4.78 is 5.42. The molecule has 0 unspecified atom stereocenters. The van der Waals surface area contributed by atoms with Gasteiger partial charge in [-0.3, -0.25) is 4.79 Å². The van der Waals surface area contributed by atoms with Gasteiger partial charge in [0.2, 0.25) is 0 Å². The zero-order chi connectivity index (χ0) is 13.4. The van der Waals surface area contributed by atoms with Crippen LogP contribution in [0.2, 0.25) is 5.02 Å². The highest BCUT2D eigenvalue weighted by Crippen LogP contribution is 2.22. The minimum Gasteiger partial charge on any atom is -0.483 e. The molecular formula is C13H19ClN2O2. The average molecular weight is 271 g/mol. The Kier molecular flexibility index (Phi) is 6.54. The van der Waals surface area contributed by atoms with Gasteiger partial charge in [-0.05, 0) is 24.6 Å². The van der Waals surface area contributed by atoms with Gasteiger partial charge in [0.05, 0.1) is 0 Å². The molecule has 0 heterocycles. The van der Waals surface area contributed by atoms with E-state index in [4.69, 9.17) is 22.1 Å². The topological polar surface area (TPSA) is 64.3 Å². The summed E-state index contributed by atoms with van der Waals surface area (Å²) in [5, 5.41) is 3.39. The largest absolute Gasteiger partial charge is 0.483 e. The molecule has 0 fully saturated rings. The Hall–Kier alpha value is -1.26. The van der Waals surface area contributed by atoms with E-state index in [2.05, 4.69) is 12.2 Å². The van der Waals surface area contributed by atoms with E-state index >= 15 is 0 Å². The number of carbonyl (C=O) groups is 1. The molecule has 0 saturated heterocycles. The fourth-order valence-corrected chi connectivity index (χ4v) is 1.64. The molecular weight excluding hydrogens is 252 g/mol. The number of nitrogens with two attached hydrogens (primary N) is 1. The monoisotopic (exact) mass is 270 g/mol. The molecule has 18 heavy (non-hydrogen) atoms. The quantitative estimate of drug-likeness (QED) is 0.746. The first-order chi connectivity index (χ1) is 8.67. The predicted molar refractivity (Wildman–Crippen MR) is 72.8 cm³/mol. The van der Waals surface area contributed by atoms with Crippen LogP contribution >= 0.6 is 11.6 Å². The Bertz CT molecular complexity index is 397. The molecule has 0 atom stereocenters. The third kappa shape index (κ3) is 4.94. The number of carbonyl (C=O) groups excluding carboxylic acids is 1. The van der Waals surface area contributed by atoms with E-state index in [0.717, 1.165) is 18.4 Å². The smallest absolute Gasteiger partial charge is 0.257 e. The molecule has 0 spiro atoms. The molecule has 1 rings (SSSR count). The van der Waals surface area contributed by atoms with E-state index < -0.39 is 0 Å². The van der Waals surface area contributed by atoms with E-state index in [1.54, 1.807) is 18.2 Å². The first kappa shape index (κ1) is 14.8. The number of nitrogens with one attached hydrogen (secondary N) is 1. The number of halogens is 1. The maximum atomic E-state index is 11.5. The van der Waals surface area contributed by atoms with Gasteiger partial charge in [-0.1, -0.05) is 24.9 Å². The second-order valence-electron chi connectivity index (χ2n) is 3.95. The van der Waals surface area contributed by atoms with Gasteiger partial charge in [0, 0.05) is 23.7 Å². The minimum absolute atomic E-state index is 0.00164. The lowest BCUT2D eigenvalue weighted by Crippen LogP contribution is -2.29. The molecule has 0 aliphatic rings. The SMILES string of the molecule is CCCCNC(=O)COc1ccc(Cl)cc1CN. The Balaban J connectivity index is 2.45. The number of amides is 1.